The van der Waals surface area contributed by atoms with Crippen LogP contribution in [0.25, 0.3) is 17.2 Å². The Morgan fingerprint density at radius 2 is 1.91 bits per heavy atom. The maximum Gasteiger partial charge on any atom is 0.131 e. The Kier molecular flexibility index (Phi) is 2.95. The number of hydrogen-bond donors (Lipinski definition) is 1. The van der Waals surface area contributed by atoms with Crippen molar-refractivity contribution in [1.29, 1.82) is 0 Å². The van der Waals surface area contributed by atoms with Gasteiger partial charge >= 0.3 is 0 Å². The molecule has 1 N–H and O–H groups in total. The van der Waals surface area contributed by atoms with Gasteiger partial charge in [0.05, 0.1) is 12.6 Å². The first-order valence-electron chi connectivity index (χ1n) is 7.93. The first-order chi connectivity index (χ1) is 11.0. The molecule has 2 heterocycles. The summed E-state index contributed by atoms with van der Waals surface area (Å²) < 4.78 is 11.3. The molecule has 3 nitrogen and oxygen atoms in total. The van der Waals surface area contributed by atoms with Crippen LogP contribution in [-0.2, 0) is 6.61 Å². The fourth-order valence-corrected chi connectivity index (χ4v) is 3.30. The van der Waals surface area contributed by atoms with E-state index >= 15 is 0 Å². The maximum absolute atomic E-state index is 6.01. The van der Waals surface area contributed by atoms with Gasteiger partial charge < -0.3 is 14.8 Å². The average molecular weight is 307 g/mol. The van der Waals surface area contributed by atoms with Gasteiger partial charge in [-0.25, -0.2) is 0 Å². The Hall–Kier alpha value is -2.42. The molecule has 0 aliphatic carbocycles. The third-order valence-corrected chi connectivity index (χ3v) is 5.00. The fraction of sp³-hybridized carbons (Fsp3) is 0.300. The van der Waals surface area contributed by atoms with E-state index in [1.807, 2.05) is 12.1 Å². The summed E-state index contributed by atoms with van der Waals surface area (Å²) in [5, 5.41) is 3.63. The lowest BCUT2D eigenvalue weighted by Gasteiger charge is -2.35. The van der Waals surface area contributed by atoms with E-state index < -0.39 is 0 Å². The summed E-state index contributed by atoms with van der Waals surface area (Å²) in [5.74, 6) is 1.71. The van der Waals surface area contributed by atoms with E-state index in [2.05, 4.69) is 50.4 Å². The lowest BCUT2D eigenvalue weighted by Crippen LogP contribution is -2.35. The average Bonchev–Trinajstić information content (AvgIpc) is 2.54. The van der Waals surface area contributed by atoms with Crippen molar-refractivity contribution >= 4 is 11.8 Å². The van der Waals surface area contributed by atoms with Gasteiger partial charge in [-0.1, -0.05) is 12.1 Å². The summed E-state index contributed by atoms with van der Waals surface area (Å²) in [5.41, 5.74) is 7.38. The number of ether oxygens (including phenoxy) is 2. The minimum absolute atomic E-state index is 0.0119. The molecule has 2 aliphatic rings. The van der Waals surface area contributed by atoms with Crippen LogP contribution < -0.4 is 14.8 Å². The predicted molar refractivity (Wildman–Crippen MR) is 94.1 cm³/mol. The lowest BCUT2D eigenvalue weighted by molar-refractivity contribution is 0.299. The molecule has 0 fully saturated rings. The highest BCUT2D eigenvalue weighted by Gasteiger charge is 2.29. The summed E-state index contributed by atoms with van der Waals surface area (Å²) in [6.07, 6.45) is 2.29. The molecule has 0 aromatic heterocycles. The Bertz CT molecular complexity index is 834. The second-order valence-corrected chi connectivity index (χ2v) is 6.78. The number of anilines is 1. The third-order valence-electron chi connectivity index (χ3n) is 5.00. The van der Waals surface area contributed by atoms with Crippen molar-refractivity contribution in [1.82, 2.24) is 0 Å². The van der Waals surface area contributed by atoms with Crippen LogP contribution in [0.2, 0.25) is 0 Å². The fourth-order valence-electron chi connectivity index (χ4n) is 3.30. The molecule has 0 bridgehead atoms. The summed E-state index contributed by atoms with van der Waals surface area (Å²) in [4.78, 5) is 0. The summed E-state index contributed by atoms with van der Waals surface area (Å²) in [6, 6.07) is 10.4. The predicted octanol–water partition coefficient (Wildman–Crippen LogP) is 4.86. The van der Waals surface area contributed by atoms with E-state index in [4.69, 9.17) is 9.47 Å². The molecule has 0 amide bonds. The molecule has 0 atom stereocenters. The standard InChI is InChI=1S/C20H21NO2/c1-12-9-16-17-11-23-19-10-13(22-4)5-6-15(19)14(17)7-8-18(16)21-20(12,2)3/h5-10,21H,11H2,1-4H3. The monoisotopic (exact) mass is 307 g/mol. The van der Waals surface area contributed by atoms with Crippen molar-refractivity contribution in [3.8, 4) is 22.6 Å². The number of nitrogens with one attached hydrogen (secondary N) is 1. The van der Waals surface area contributed by atoms with Crippen LogP contribution in [0.4, 0.5) is 5.69 Å². The normalized spacial score (nSPS) is 17.0. The molecular weight excluding hydrogens is 286 g/mol. The maximum atomic E-state index is 6.01. The molecule has 0 saturated carbocycles. The van der Waals surface area contributed by atoms with Crippen LogP contribution in [0, 0.1) is 0 Å². The SMILES string of the molecule is COc1ccc2c(c1)OCc1c-2ccc2c1C=C(C)C(C)(C)N2. The molecule has 23 heavy (non-hydrogen) atoms. The number of rotatable bonds is 1. The smallest absolute Gasteiger partial charge is 0.131 e. The Balaban J connectivity index is 1.89. The van der Waals surface area contributed by atoms with Gasteiger partial charge in [-0.2, -0.15) is 0 Å². The molecule has 118 valence electrons. The molecule has 0 saturated heterocycles. The highest BCUT2D eigenvalue weighted by Crippen LogP contribution is 2.45. The minimum atomic E-state index is -0.0119. The zero-order valence-electron chi connectivity index (χ0n) is 14.0. The van der Waals surface area contributed by atoms with Gasteiger partial charge in [-0.3, -0.25) is 0 Å². The van der Waals surface area contributed by atoms with Crippen LogP contribution in [-0.4, -0.2) is 12.6 Å². The highest BCUT2D eigenvalue weighted by molar-refractivity contribution is 5.86. The summed E-state index contributed by atoms with van der Waals surface area (Å²) in [6.45, 7) is 7.18. The Morgan fingerprint density at radius 1 is 1.13 bits per heavy atom. The lowest BCUT2D eigenvalue weighted by atomic mass is 9.84. The van der Waals surface area contributed by atoms with Crippen molar-refractivity contribution in [2.45, 2.75) is 32.9 Å². The quantitative estimate of drug-likeness (QED) is 0.816. The van der Waals surface area contributed by atoms with E-state index in [1.165, 1.54) is 28.0 Å². The Morgan fingerprint density at radius 3 is 2.70 bits per heavy atom. The molecule has 3 heteroatoms. The molecule has 2 aromatic rings. The zero-order valence-corrected chi connectivity index (χ0v) is 14.0. The van der Waals surface area contributed by atoms with Crippen LogP contribution in [0.5, 0.6) is 11.5 Å². The first kappa shape index (κ1) is 14.2. The number of methoxy groups -OCH3 is 1. The topological polar surface area (TPSA) is 30.5 Å². The number of fused-ring (bicyclic) bond motifs is 5. The number of benzene rings is 2. The molecule has 2 aromatic carbocycles. The zero-order chi connectivity index (χ0) is 16.2. The van der Waals surface area contributed by atoms with Gasteiger partial charge in [0.25, 0.3) is 0 Å². The summed E-state index contributed by atoms with van der Waals surface area (Å²) in [7, 11) is 1.68. The van der Waals surface area contributed by atoms with Gasteiger partial charge in [0.2, 0.25) is 0 Å². The largest absolute Gasteiger partial charge is 0.497 e. The van der Waals surface area contributed by atoms with Gasteiger partial charge in [0.15, 0.2) is 0 Å². The van der Waals surface area contributed by atoms with E-state index in [-0.39, 0.29) is 5.54 Å². The van der Waals surface area contributed by atoms with Crippen LogP contribution in [0.3, 0.4) is 0 Å². The molecular formula is C20H21NO2. The molecule has 4 rings (SSSR count). The van der Waals surface area contributed by atoms with Crippen molar-refractivity contribution in [2.75, 3.05) is 12.4 Å². The van der Waals surface area contributed by atoms with Crippen molar-refractivity contribution in [2.24, 2.45) is 0 Å². The first-order valence-corrected chi connectivity index (χ1v) is 7.93. The van der Waals surface area contributed by atoms with Crippen molar-refractivity contribution in [3.63, 3.8) is 0 Å². The van der Waals surface area contributed by atoms with E-state index in [0.29, 0.717) is 6.61 Å². The third kappa shape index (κ3) is 2.11. The second-order valence-electron chi connectivity index (χ2n) is 6.78. The van der Waals surface area contributed by atoms with Gasteiger partial charge in [-0.15, -0.1) is 0 Å². The highest BCUT2D eigenvalue weighted by atomic mass is 16.5. The molecule has 0 radical (unpaired) electrons. The van der Waals surface area contributed by atoms with Gasteiger partial charge in [0.1, 0.15) is 18.1 Å². The van der Waals surface area contributed by atoms with E-state index in [9.17, 15) is 0 Å². The minimum Gasteiger partial charge on any atom is -0.497 e. The molecule has 0 unspecified atom stereocenters. The van der Waals surface area contributed by atoms with Gasteiger partial charge in [0, 0.05) is 28.4 Å². The van der Waals surface area contributed by atoms with E-state index in [0.717, 1.165) is 17.1 Å². The summed E-state index contributed by atoms with van der Waals surface area (Å²) >= 11 is 0. The molecule has 2 aliphatic heterocycles. The van der Waals surface area contributed by atoms with Crippen LogP contribution >= 0.6 is 0 Å². The second kappa shape index (κ2) is 4.79. The van der Waals surface area contributed by atoms with E-state index in [1.54, 1.807) is 7.11 Å². The van der Waals surface area contributed by atoms with Crippen LogP contribution in [0.1, 0.15) is 31.9 Å². The van der Waals surface area contributed by atoms with Crippen molar-refractivity contribution < 1.29 is 9.47 Å². The van der Waals surface area contributed by atoms with Gasteiger partial charge in [-0.05, 0) is 50.1 Å². The number of hydrogen-bond acceptors (Lipinski definition) is 3. The molecule has 0 spiro atoms. The van der Waals surface area contributed by atoms with Crippen LogP contribution in [0.15, 0.2) is 35.9 Å². The van der Waals surface area contributed by atoms with Crippen molar-refractivity contribution in [3.05, 3.63) is 47.0 Å². The Labute approximate surface area is 136 Å².